The molecule has 4 heterocycles. The molecule has 1 atom stereocenters. The molecule has 236 valence electrons. The van der Waals surface area contributed by atoms with Gasteiger partial charge in [-0.3, -0.25) is 18.7 Å². The van der Waals surface area contributed by atoms with Crippen molar-refractivity contribution in [3.05, 3.63) is 128 Å². The first-order valence-electron chi connectivity index (χ1n) is 15.1. The fourth-order valence-corrected chi connectivity index (χ4v) is 6.36. The second-order valence-electron chi connectivity index (χ2n) is 11.6. The molecule has 12 heteroatoms. The van der Waals surface area contributed by atoms with E-state index in [0.717, 1.165) is 26.9 Å². The van der Waals surface area contributed by atoms with Crippen LogP contribution in [0.15, 0.2) is 92.9 Å². The maximum atomic E-state index is 14.3. The molecule has 7 rings (SSSR count). The van der Waals surface area contributed by atoms with Crippen LogP contribution in [0.5, 0.6) is 0 Å². The first-order chi connectivity index (χ1) is 22.7. The number of halogens is 1. The Kier molecular flexibility index (Phi) is 7.80. The summed E-state index contributed by atoms with van der Waals surface area (Å²) in [4.78, 5) is 56.8. The van der Waals surface area contributed by atoms with Crippen LogP contribution in [0.2, 0.25) is 0 Å². The summed E-state index contributed by atoms with van der Waals surface area (Å²) in [6.07, 6.45) is 3.15. The maximum Gasteiger partial charge on any atom is 0.333 e. The van der Waals surface area contributed by atoms with Gasteiger partial charge in [0.2, 0.25) is 0 Å². The molecule has 0 bridgehead atoms. The quantitative estimate of drug-likeness (QED) is 0.241. The van der Waals surface area contributed by atoms with E-state index in [9.17, 15) is 14.4 Å². The predicted octanol–water partition coefficient (Wildman–Crippen LogP) is 5.59. The van der Waals surface area contributed by atoms with Crippen LogP contribution < -0.4 is 11.0 Å². The molecule has 0 saturated carbocycles. The van der Waals surface area contributed by atoms with Gasteiger partial charge in [0.25, 0.3) is 11.8 Å². The van der Waals surface area contributed by atoms with Crippen LogP contribution in [-0.4, -0.2) is 46.8 Å². The van der Waals surface area contributed by atoms with Gasteiger partial charge in [0.1, 0.15) is 17.5 Å². The smallest absolute Gasteiger partial charge is 0.333 e. The summed E-state index contributed by atoms with van der Waals surface area (Å²) in [5.74, 6) is -0.137. The van der Waals surface area contributed by atoms with Crippen LogP contribution in [0.1, 0.15) is 50.5 Å². The summed E-state index contributed by atoms with van der Waals surface area (Å²) < 4.78 is 9.58. The van der Waals surface area contributed by atoms with Crippen LogP contribution in [-0.2, 0) is 19.6 Å². The minimum atomic E-state index is -0.453. The van der Waals surface area contributed by atoms with E-state index in [1.807, 2.05) is 56.3 Å². The first kappa shape index (κ1) is 30.3. The number of imidazole rings is 1. The van der Waals surface area contributed by atoms with Gasteiger partial charge in [0, 0.05) is 47.9 Å². The highest BCUT2D eigenvalue weighted by atomic mass is 79.9. The molecule has 11 nitrogen and oxygen atoms in total. The Hall–Kier alpha value is -5.36. The molecule has 0 fully saturated rings. The zero-order valence-corrected chi connectivity index (χ0v) is 27.5. The first-order valence-corrected chi connectivity index (χ1v) is 15.9. The molecule has 2 amide bonds. The number of rotatable bonds is 6. The normalized spacial score (nSPS) is 14.3. The maximum absolute atomic E-state index is 14.3. The van der Waals surface area contributed by atoms with E-state index in [0.29, 0.717) is 33.9 Å². The molecule has 1 N–H and O–H groups in total. The molecule has 3 aromatic heterocycles. The predicted molar refractivity (Wildman–Crippen MR) is 179 cm³/mol. The lowest BCUT2D eigenvalue weighted by Crippen LogP contribution is -2.47. The zero-order chi connectivity index (χ0) is 32.8. The van der Waals surface area contributed by atoms with Gasteiger partial charge in [-0.2, -0.15) is 0 Å². The lowest BCUT2D eigenvalue weighted by Gasteiger charge is -2.34. The average Bonchev–Trinajstić information content (AvgIpc) is 3.59. The standard InChI is InChI=1S/C35H30BrN7O4/c1-20-14-23(8-10-27(20)36)34(45)41-18-30-32(33(44)38-16-24-6-4-5-7-26(24)28-12-13-37-19-39-28)43(35(46)42(30)17-21(41)2)25-9-11-31-29(15-25)40-22(3)47-31/h4-15,19,21H,16-18H2,1-3H3,(H,38,44)/t21-/m0/s1. The number of fused-ring (bicyclic) bond motifs is 2. The summed E-state index contributed by atoms with van der Waals surface area (Å²) in [7, 11) is 0. The molecular formula is C35H30BrN7O4. The molecule has 0 spiro atoms. The van der Waals surface area contributed by atoms with Crippen LogP contribution in [0.3, 0.4) is 0 Å². The Labute approximate surface area is 278 Å². The fourth-order valence-electron chi connectivity index (χ4n) is 6.11. The van der Waals surface area contributed by atoms with Crippen molar-refractivity contribution < 1.29 is 14.0 Å². The minimum absolute atomic E-state index is 0.0724. The Morgan fingerprint density at radius 1 is 1.06 bits per heavy atom. The molecule has 0 radical (unpaired) electrons. The number of benzene rings is 3. The second-order valence-corrected chi connectivity index (χ2v) is 12.4. The molecule has 3 aromatic carbocycles. The van der Waals surface area contributed by atoms with Gasteiger partial charge in [-0.25, -0.2) is 19.7 Å². The Morgan fingerprint density at radius 2 is 1.89 bits per heavy atom. The summed E-state index contributed by atoms with van der Waals surface area (Å²) in [6, 6.07) is 19.8. The van der Waals surface area contributed by atoms with Crippen molar-refractivity contribution in [2.45, 2.75) is 46.4 Å². The van der Waals surface area contributed by atoms with Gasteiger partial charge in [-0.1, -0.05) is 40.2 Å². The largest absolute Gasteiger partial charge is 0.441 e. The monoisotopic (exact) mass is 691 g/mol. The number of hydrogen-bond acceptors (Lipinski definition) is 7. The molecular weight excluding hydrogens is 662 g/mol. The van der Waals surface area contributed by atoms with Gasteiger partial charge in [0.15, 0.2) is 11.5 Å². The van der Waals surface area contributed by atoms with E-state index in [2.05, 4.69) is 36.2 Å². The number of aromatic nitrogens is 5. The summed E-state index contributed by atoms with van der Waals surface area (Å²) in [6.45, 7) is 6.06. The van der Waals surface area contributed by atoms with Gasteiger partial charge >= 0.3 is 5.69 Å². The number of aryl methyl sites for hydroxylation is 2. The Morgan fingerprint density at radius 3 is 2.68 bits per heavy atom. The number of carbonyl (C=O) groups excluding carboxylic acids is 2. The number of carbonyl (C=O) groups is 2. The van der Waals surface area contributed by atoms with Crippen LogP contribution in [0.25, 0.3) is 28.0 Å². The Bertz CT molecular complexity index is 2240. The highest BCUT2D eigenvalue weighted by molar-refractivity contribution is 9.10. The second kappa shape index (κ2) is 12.1. The number of nitrogens with zero attached hydrogens (tertiary/aromatic N) is 6. The van der Waals surface area contributed by atoms with Crippen molar-refractivity contribution in [3.8, 4) is 16.9 Å². The van der Waals surface area contributed by atoms with Crippen molar-refractivity contribution in [2.75, 3.05) is 0 Å². The minimum Gasteiger partial charge on any atom is -0.441 e. The summed E-state index contributed by atoms with van der Waals surface area (Å²) in [5.41, 5.74) is 5.75. The summed E-state index contributed by atoms with van der Waals surface area (Å²) in [5, 5.41) is 3.04. The van der Waals surface area contributed by atoms with E-state index in [1.165, 1.54) is 10.9 Å². The van der Waals surface area contributed by atoms with Gasteiger partial charge in [-0.15, -0.1) is 0 Å². The average molecular weight is 693 g/mol. The topological polar surface area (TPSA) is 128 Å². The zero-order valence-electron chi connectivity index (χ0n) is 25.9. The molecule has 47 heavy (non-hydrogen) atoms. The highest BCUT2D eigenvalue weighted by Crippen LogP contribution is 2.28. The van der Waals surface area contributed by atoms with Crippen LogP contribution in [0.4, 0.5) is 0 Å². The van der Waals surface area contributed by atoms with Gasteiger partial charge in [0.05, 0.1) is 23.6 Å². The van der Waals surface area contributed by atoms with Crippen molar-refractivity contribution in [2.24, 2.45) is 0 Å². The van der Waals surface area contributed by atoms with E-state index in [-0.39, 0.29) is 43.0 Å². The highest BCUT2D eigenvalue weighted by Gasteiger charge is 2.35. The molecule has 6 aromatic rings. The third kappa shape index (κ3) is 5.54. The number of amides is 2. The van der Waals surface area contributed by atoms with Crippen molar-refractivity contribution in [1.82, 2.24) is 34.3 Å². The van der Waals surface area contributed by atoms with Crippen molar-refractivity contribution in [3.63, 3.8) is 0 Å². The van der Waals surface area contributed by atoms with E-state index < -0.39 is 5.91 Å². The molecule has 1 aliphatic rings. The number of hydrogen-bond donors (Lipinski definition) is 1. The lowest BCUT2D eigenvalue weighted by molar-refractivity contribution is 0.0610. The molecule has 0 unspecified atom stereocenters. The third-order valence-electron chi connectivity index (χ3n) is 8.48. The van der Waals surface area contributed by atoms with Crippen LogP contribution >= 0.6 is 15.9 Å². The third-order valence-corrected chi connectivity index (χ3v) is 9.37. The summed E-state index contributed by atoms with van der Waals surface area (Å²) >= 11 is 3.50. The van der Waals surface area contributed by atoms with Crippen molar-refractivity contribution in [1.29, 1.82) is 0 Å². The van der Waals surface area contributed by atoms with Crippen LogP contribution in [0, 0.1) is 13.8 Å². The SMILES string of the molecule is Cc1nc2cc(-n3c(C(=O)NCc4ccccc4-c4ccncn4)c4n(c3=O)C[C@H](C)N(C(=O)c3ccc(Br)c(C)c3)C4)ccc2o1. The Balaban J connectivity index is 1.30. The molecule has 0 aliphatic carbocycles. The molecule has 0 saturated heterocycles. The van der Waals surface area contributed by atoms with E-state index >= 15 is 0 Å². The fraction of sp³-hybridized carbons (Fsp3) is 0.200. The van der Waals surface area contributed by atoms with Gasteiger partial charge in [-0.05, 0) is 67.4 Å². The van der Waals surface area contributed by atoms with E-state index in [1.54, 1.807) is 46.9 Å². The van der Waals surface area contributed by atoms with Gasteiger partial charge < -0.3 is 14.6 Å². The van der Waals surface area contributed by atoms with E-state index in [4.69, 9.17) is 4.42 Å². The number of nitrogens with one attached hydrogen (secondary N) is 1. The van der Waals surface area contributed by atoms with Crippen molar-refractivity contribution >= 4 is 38.8 Å². The lowest BCUT2D eigenvalue weighted by atomic mass is 10.0. The molecule has 1 aliphatic heterocycles. The number of oxazole rings is 1.